The molecule has 23 heavy (non-hydrogen) atoms. The van der Waals surface area contributed by atoms with Crippen LogP contribution in [-0.4, -0.2) is 30.4 Å². The molecule has 2 aromatic carbocycles. The molecule has 1 fully saturated rings. The molecule has 0 radical (unpaired) electrons. The molecule has 1 amide bonds. The van der Waals surface area contributed by atoms with Crippen molar-refractivity contribution in [3.8, 4) is 0 Å². The molecule has 2 aromatic rings. The van der Waals surface area contributed by atoms with Crippen molar-refractivity contribution in [3.05, 3.63) is 71.8 Å². The average Bonchev–Trinajstić information content (AvgIpc) is 3.01. The van der Waals surface area contributed by atoms with Crippen molar-refractivity contribution < 1.29 is 4.79 Å². The molecule has 0 saturated carbocycles. The van der Waals surface area contributed by atoms with Gasteiger partial charge in [0.15, 0.2) is 0 Å². The summed E-state index contributed by atoms with van der Waals surface area (Å²) in [7, 11) is 0. The van der Waals surface area contributed by atoms with E-state index in [1.54, 1.807) is 0 Å². The maximum Gasteiger partial charge on any atom is 0.227 e. The summed E-state index contributed by atoms with van der Waals surface area (Å²) in [6.07, 6.45) is 0.472. The number of hydrogen-bond donors (Lipinski definition) is 1. The van der Waals surface area contributed by atoms with Crippen molar-refractivity contribution in [3.63, 3.8) is 0 Å². The fourth-order valence-electron chi connectivity index (χ4n) is 3.27. The van der Waals surface area contributed by atoms with Gasteiger partial charge in [-0.05, 0) is 23.6 Å². The smallest absolute Gasteiger partial charge is 0.227 e. The van der Waals surface area contributed by atoms with Crippen LogP contribution < -0.4 is 5.73 Å². The number of likely N-dealkylation sites (tertiary alicyclic amines) is 1. The molecule has 1 heterocycles. The van der Waals surface area contributed by atoms with Crippen molar-refractivity contribution in [2.45, 2.75) is 12.3 Å². The van der Waals surface area contributed by atoms with E-state index in [9.17, 15) is 4.79 Å². The van der Waals surface area contributed by atoms with Crippen molar-refractivity contribution in [1.82, 2.24) is 4.90 Å². The summed E-state index contributed by atoms with van der Waals surface area (Å²) < 4.78 is 0. The number of hydrogen-bond acceptors (Lipinski definition) is 2. The largest absolute Gasteiger partial charge is 0.341 e. The second kappa shape index (κ2) is 8.14. The molecule has 0 aromatic heterocycles. The Morgan fingerprint density at radius 2 is 1.61 bits per heavy atom. The molecule has 122 valence electrons. The van der Waals surface area contributed by atoms with Gasteiger partial charge in [0.1, 0.15) is 0 Å². The van der Waals surface area contributed by atoms with E-state index < -0.39 is 0 Å². The second-order valence-electron chi connectivity index (χ2n) is 5.97. The average molecular weight is 331 g/mol. The second-order valence-corrected chi connectivity index (χ2v) is 5.97. The molecule has 1 saturated heterocycles. The van der Waals surface area contributed by atoms with Gasteiger partial charge in [0.25, 0.3) is 0 Å². The van der Waals surface area contributed by atoms with Crippen molar-refractivity contribution in [1.29, 1.82) is 0 Å². The number of carbonyl (C=O) groups is 1. The first-order valence-corrected chi connectivity index (χ1v) is 7.84. The summed E-state index contributed by atoms with van der Waals surface area (Å²) in [5.41, 5.74) is 8.29. The number of nitrogens with zero attached hydrogens (tertiary/aromatic N) is 1. The fraction of sp³-hybridized carbons (Fsp3) is 0.316. The van der Waals surface area contributed by atoms with Gasteiger partial charge in [-0.2, -0.15) is 0 Å². The Hall–Kier alpha value is -1.84. The van der Waals surface area contributed by atoms with Crippen LogP contribution in [0.2, 0.25) is 0 Å². The third kappa shape index (κ3) is 4.12. The van der Waals surface area contributed by atoms with Gasteiger partial charge >= 0.3 is 0 Å². The van der Waals surface area contributed by atoms with Crippen LogP contribution in [0.3, 0.4) is 0 Å². The Morgan fingerprint density at radius 1 is 1.00 bits per heavy atom. The van der Waals surface area contributed by atoms with E-state index >= 15 is 0 Å². The third-order valence-corrected chi connectivity index (χ3v) is 4.52. The van der Waals surface area contributed by atoms with E-state index in [4.69, 9.17) is 5.73 Å². The molecule has 0 spiro atoms. The molecule has 0 bridgehead atoms. The summed E-state index contributed by atoms with van der Waals surface area (Å²) in [6, 6.07) is 20.3. The molecule has 0 aliphatic carbocycles. The lowest BCUT2D eigenvalue weighted by Crippen LogP contribution is -2.31. The lowest BCUT2D eigenvalue weighted by atomic mass is 9.89. The Balaban J connectivity index is 0.00000192. The predicted molar refractivity (Wildman–Crippen MR) is 95.7 cm³/mol. The summed E-state index contributed by atoms with van der Waals surface area (Å²) >= 11 is 0. The van der Waals surface area contributed by atoms with Crippen LogP contribution >= 0.6 is 12.4 Å². The minimum absolute atomic E-state index is 0. The van der Waals surface area contributed by atoms with Crippen molar-refractivity contribution in [2.24, 2.45) is 11.7 Å². The minimum atomic E-state index is 0. The fourth-order valence-corrected chi connectivity index (χ4v) is 3.27. The number of benzene rings is 2. The SMILES string of the molecule is Cl.NC[C@@H]1CN(C(=O)Cc2ccccc2)C[C@H]1c1ccccc1. The van der Waals surface area contributed by atoms with Crippen LogP contribution in [-0.2, 0) is 11.2 Å². The van der Waals surface area contributed by atoms with E-state index in [-0.39, 0.29) is 18.3 Å². The highest BCUT2D eigenvalue weighted by atomic mass is 35.5. The number of halogens is 1. The first kappa shape index (κ1) is 17.5. The highest BCUT2D eigenvalue weighted by molar-refractivity contribution is 5.85. The molecule has 2 atom stereocenters. The molecule has 3 nitrogen and oxygen atoms in total. The lowest BCUT2D eigenvalue weighted by Gasteiger charge is -2.17. The van der Waals surface area contributed by atoms with E-state index in [1.165, 1.54) is 5.56 Å². The zero-order chi connectivity index (χ0) is 15.4. The maximum absolute atomic E-state index is 12.5. The summed E-state index contributed by atoms with van der Waals surface area (Å²) in [5.74, 6) is 0.899. The third-order valence-electron chi connectivity index (χ3n) is 4.52. The number of nitrogens with two attached hydrogens (primary N) is 1. The lowest BCUT2D eigenvalue weighted by molar-refractivity contribution is -0.129. The molecule has 3 rings (SSSR count). The predicted octanol–water partition coefficient (Wildman–Crippen LogP) is 2.85. The van der Waals surface area contributed by atoms with Crippen LogP contribution in [0.15, 0.2) is 60.7 Å². The molecule has 1 aliphatic heterocycles. The topological polar surface area (TPSA) is 46.3 Å². The van der Waals surface area contributed by atoms with E-state index in [2.05, 4.69) is 24.3 Å². The number of rotatable bonds is 4. The van der Waals surface area contributed by atoms with Crippen LogP contribution in [0, 0.1) is 5.92 Å². The van der Waals surface area contributed by atoms with Crippen LogP contribution in [0.1, 0.15) is 17.0 Å². The zero-order valence-corrected chi connectivity index (χ0v) is 13.9. The molecular weight excluding hydrogens is 308 g/mol. The highest BCUT2D eigenvalue weighted by Crippen LogP contribution is 2.32. The van der Waals surface area contributed by atoms with Crippen LogP contribution in [0.5, 0.6) is 0 Å². The monoisotopic (exact) mass is 330 g/mol. The van der Waals surface area contributed by atoms with E-state index in [0.29, 0.717) is 24.8 Å². The Kier molecular flexibility index (Phi) is 6.20. The van der Waals surface area contributed by atoms with Gasteiger partial charge in [0.2, 0.25) is 5.91 Å². The Labute approximate surface area is 143 Å². The molecular formula is C19H23ClN2O. The first-order chi connectivity index (χ1) is 10.8. The first-order valence-electron chi connectivity index (χ1n) is 7.84. The van der Waals surface area contributed by atoms with Crippen LogP contribution in [0.4, 0.5) is 0 Å². The van der Waals surface area contributed by atoms with Crippen molar-refractivity contribution in [2.75, 3.05) is 19.6 Å². The van der Waals surface area contributed by atoms with Crippen molar-refractivity contribution >= 4 is 18.3 Å². The normalized spacial score (nSPS) is 20.1. The standard InChI is InChI=1S/C19H22N2O.ClH/c20-12-17-13-21(14-18(17)16-9-5-2-6-10-16)19(22)11-15-7-3-1-4-8-15;/h1-10,17-18H,11-14,20H2;1H/t17-,18+;/m1./s1. The van der Waals surface area contributed by atoms with E-state index in [1.807, 2.05) is 41.3 Å². The summed E-state index contributed by atoms with van der Waals surface area (Å²) in [4.78, 5) is 14.5. The van der Waals surface area contributed by atoms with Gasteiger partial charge in [0.05, 0.1) is 6.42 Å². The molecule has 1 aliphatic rings. The van der Waals surface area contributed by atoms with Gasteiger partial charge in [-0.1, -0.05) is 60.7 Å². The van der Waals surface area contributed by atoms with Gasteiger partial charge in [-0.15, -0.1) is 12.4 Å². The zero-order valence-electron chi connectivity index (χ0n) is 13.1. The number of carbonyl (C=O) groups excluding carboxylic acids is 1. The van der Waals surface area contributed by atoms with Gasteiger partial charge in [-0.25, -0.2) is 0 Å². The molecule has 0 unspecified atom stereocenters. The van der Waals surface area contributed by atoms with E-state index in [0.717, 1.165) is 18.7 Å². The highest BCUT2D eigenvalue weighted by Gasteiger charge is 2.34. The Bertz CT molecular complexity index is 618. The van der Waals surface area contributed by atoms with Crippen LogP contribution in [0.25, 0.3) is 0 Å². The Morgan fingerprint density at radius 3 is 2.22 bits per heavy atom. The number of amides is 1. The van der Waals surface area contributed by atoms with Gasteiger partial charge in [-0.3, -0.25) is 4.79 Å². The summed E-state index contributed by atoms with van der Waals surface area (Å²) in [6.45, 7) is 2.16. The maximum atomic E-state index is 12.5. The molecule has 2 N–H and O–H groups in total. The minimum Gasteiger partial charge on any atom is -0.341 e. The summed E-state index contributed by atoms with van der Waals surface area (Å²) in [5, 5.41) is 0. The quantitative estimate of drug-likeness (QED) is 0.937. The van der Waals surface area contributed by atoms with Gasteiger partial charge in [0, 0.05) is 19.0 Å². The molecule has 4 heteroatoms. The van der Waals surface area contributed by atoms with Gasteiger partial charge < -0.3 is 10.6 Å².